The molecule has 0 saturated heterocycles. The molecule has 0 aliphatic heterocycles. The van der Waals surface area contributed by atoms with Crippen LogP contribution in [0.5, 0.6) is 5.75 Å². The number of thiol groups is 1. The molecule has 0 amide bonds. The number of halogens is 2. The van der Waals surface area contributed by atoms with Gasteiger partial charge < -0.3 is 4.74 Å². The summed E-state index contributed by atoms with van der Waals surface area (Å²) < 4.78 is 5.84. The van der Waals surface area contributed by atoms with Crippen molar-refractivity contribution in [2.75, 3.05) is 0 Å². The number of hydrogen-bond acceptors (Lipinski definition) is 3. The molecule has 0 radical (unpaired) electrons. The molecule has 2 aromatic rings. The number of esters is 1. The van der Waals surface area contributed by atoms with Crippen molar-refractivity contribution in [3.05, 3.63) is 63.1 Å². The van der Waals surface area contributed by atoms with Gasteiger partial charge >= 0.3 is 5.97 Å². The van der Waals surface area contributed by atoms with E-state index in [9.17, 15) is 9.59 Å². The minimum absolute atomic E-state index is 0.121. The molecule has 2 rings (SSSR count). The van der Waals surface area contributed by atoms with Gasteiger partial charge in [0.15, 0.2) is 0 Å². The lowest BCUT2D eigenvalue weighted by molar-refractivity contribution is 0.0732. The Kier molecular flexibility index (Phi) is 4.86. The fourth-order valence-electron chi connectivity index (χ4n) is 1.54. The zero-order valence-electron chi connectivity index (χ0n) is 9.97. The molecule has 6 heteroatoms. The van der Waals surface area contributed by atoms with E-state index in [0.29, 0.717) is 15.1 Å². The van der Waals surface area contributed by atoms with Crippen molar-refractivity contribution >= 4 is 51.2 Å². The van der Waals surface area contributed by atoms with Gasteiger partial charge in [-0.15, -0.1) is 12.6 Å². The lowest BCUT2D eigenvalue weighted by Crippen LogP contribution is -2.11. The second-order valence-electron chi connectivity index (χ2n) is 3.81. The molecule has 0 fully saturated rings. The van der Waals surface area contributed by atoms with Gasteiger partial charge in [0.25, 0.3) is 0 Å². The average molecular weight is 372 g/mol. The molecule has 0 spiro atoms. The van der Waals surface area contributed by atoms with E-state index in [0.717, 1.165) is 0 Å². The molecule has 0 unspecified atom stereocenters. The van der Waals surface area contributed by atoms with Crippen LogP contribution in [-0.2, 0) is 0 Å². The highest BCUT2D eigenvalue weighted by molar-refractivity contribution is 9.10. The van der Waals surface area contributed by atoms with Crippen LogP contribution in [0.3, 0.4) is 0 Å². The highest BCUT2D eigenvalue weighted by Crippen LogP contribution is 2.26. The summed E-state index contributed by atoms with van der Waals surface area (Å²) in [7, 11) is 0. The monoisotopic (exact) mass is 370 g/mol. The Bertz CT molecular complexity index is 688. The Morgan fingerprint density at radius 2 is 1.80 bits per heavy atom. The largest absolute Gasteiger partial charge is 0.422 e. The van der Waals surface area contributed by atoms with Gasteiger partial charge in [0, 0.05) is 9.50 Å². The molecular formula is C14H8BrClO3S. The quantitative estimate of drug-likeness (QED) is 0.494. The average Bonchev–Trinajstić information content (AvgIpc) is 2.41. The Balaban J connectivity index is 2.33. The van der Waals surface area contributed by atoms with E-state index < -0.39 is 11.1 Å². The van der Waals surface area contributed by atoms with Crippen LogP contribution < -0.4 is 4.74 Å². The third-order valence-corrected chi connectivity index (χ3v) is 3.64. The normalized spacial score (nSPS) is 10.2. The first-order chi connectivity index (χ1) is 9.49. The number of benzene rings is 2. The number of carbonyl (C=O) groups excluding carboxylic acids is 2. The molecule has 0 bridgehead atoms. The van der Waals surface area contributed by atoms with Crippen LogP contribution in [0.25, 0.3) is 0 Å². The summed E-state index contributed by atoms with van der Waals surface area (Å²) in [5.41, 5.74) is 0.501. The van der Waals surface area contributed by atoms with E-state index in [1.165, 1.54) is 18.2 Å². The molecule has 0 saturated carbocycles. The standard InChI is InChI=1S/C14H8BrClO3S/c15-11-4-2-1-3-9(11)13(17)19-12-6-5-8(16)7-10(12)14(18)20/h1-7H,(H,18,20). The van der Waals surface area contributed by atoms with Crippen LogP contribution >= 0.6 is 40.2 Å². The van der Waals surface area contributed by atoms with Crippen molar-refractivity contribution in [1.82, 2.24) is 0 Å². The van der Waals surface area contributed by atoms with Crippen molar-refractivity contribution in [1.29, 1.82) is 0 Å². The van der Waals surface area contributed by atoms with Gasteiger partial charge in [-0.25, -0.2) is 4.79 Å². The SMILES string of the molecule is O=C(Oc1ccc(Cl)cc1C(=O)S)c1ccccc1Br. The Morgan fingerprint density at radius 3 is 2.45 bits per heavy atom. The minimum atomic E-state index is -0.573. The van der Waals surface area contributed by atoms with Gasteiger partial charge in [0.1, 0.15) is 5.75 Å². The molecule has 0 N–H and O–H groups in total. The van der Waals surface area contributed by atoms with Crippen LogP contribution in [0.4, 0.5) is 0 Å². The first kappa shape index (κ1) is 15.1. The summed E-state index contributed by atoms with van der Waals surface area (Å²) in [6.07, 6.45) is 0. The first-order valence-electron chi connectivity index (χ1n) is 5.48. The van der Waals surface area contributed by atoms with Crippen LogP contribution in [0.2, 0.25) is 5.02 Å². The predicted octanol–water partition coefficient (Wildman–Crippen LogP) is 4.39. The number of ether oxygens (including phenoxy) is 1. The van der Waals surface area contributed by atoms with E-state index in [1.54, 1.807) is 24.3 Å². The van der Waals surface area contributed by atoms with Crippen LogP contribution in [0, 0.1) is 0 Å². The second-order valence-corrected chi connectivity index (χ2v) is 5.51. The Labute approximate surface area is 134 Å². The summed E-state index contributed by atoms with van der Waals surface area (Å²) in [6.45, 7) is 0. The van der Waals surface area contributed by atoms with E-state index in [-0.39, 0.29) is 11.3 Å². The molecule has 3 nitrogen and oxygen atoms in total. The van der Waals surface area contributed by atoms with E-state index in [4.69, 9.17) is 16.3 Å². The van der Waals surface area contributed by atoms with Gasteiger partial charge in [-0.2, -0.15) is 0 Å². The number of carbonyl (C=O) groups is 2. The fourth-order valence-corrected chi connectivity index (χ4v) is 2.33. The van der Waals surface area contributed by atoms with Gasteiger partial charge in [0.2, 0.25) is 5.12 Å². The summed E-state index contributed by atoms with van der Waals surface area (Å²) in [6, 6.07) is 11.2. The van der Waals surface area contributed by atoms with Crippen molar-refractivity contribution in [3.8, 4) is 5.75 Å². The maximum absolute atomic E-state index is 12.1. The van der Waals surface area contributed by atoms with Crippen LogP contribution in [0.1, 0.15) is 20.7 Å². The molecule has 102 valence electrons. The van der Waals surface area contributed by atoms with Crippen molar-refractivity contribution in [2.45, 2.75) is 0 Å². The van der Waals surface area contributed by atoms with Crippen molar-refractivity contribution < 1.29 is 14.3 Å². The maximum Gasteiger partial charge on any atom is 0.344 e. The highest BCUT2D eigenvalue weighted by Gasteiger charge is 2.16. The third kappa shape index (κ3) is 3.42. The Hall–Kier alpha value is -1.30. The summed E-state index contributed by atoms with van der Waals surface area (Å²) >= 11 is 12.8. The topological polar surface area (TPSA) is 43.4 Å². The predicted molar refractivity (Wildman–Crippen MR) is 83.9 cm³/mol. The summed E-state index contributed by atoms with van der Waals surface area (Å²) in [5, 5.41) is -0.162. The van der Waals surface area contributed by atoms with E-state index in [1.807, 2.05) is 0 Å². The lowest BCUT2D eigenvalue weighted by atomic mass is 10.2. The lowest BCUT2D eigenvalue weighted by Gasteiger charge is -2.09. The zero-order chi connectivity index (χ0) is 14.7. The fraction of sp³-hybridized carbons (Fsp3) is 0. The molecule has 2 aromatic carbocycles. The molecular weight excluding hydrogens is 364 g/mol. The third-order valence-electron chi connectivity index (χ3n) is 2.47. The second kappa shape index (κ2) is 6.43. The number of hydrogen-bond donors (Lipinski definition) is 1. The molecule has 0 aliphatic rings. The first-order valence-corrected chi connectivity index (χ1v) is 7.10. The molecule has 0 atom stereocenters. The smallest absolute Gasteiger partial charge is 0.344 e. The highest BCUT2D eigenvalue weighted by atomic mass is 79.9. The summed E-state index contributed by atoms with van der Waals surface area (Å²) in [4.78, 5) is 23.5. The van der Waals surface area contributed by atoms with Crippen LogP contribution in [-0.4, -0.2) is 11.1 Å². The van der Waals surface area contributed by atoms with Gasteiger partial charge in [-0.05, 0) is 46.3 Å². The summed E-state index contributed by atoms with van der Waals surface area (Å²) in [5.74, 6) is -0.453. The van der Waals surface area contributed by atoms with E-state index >= 15 is 0 Å². The van der Waals surface area contributed by atoms with Gasteiger partial charge in [-0.1, -0.05) is 23.7 Å². The van der Waals surface area contributed by atoms with Crippen molar-refractivity contribution in [2.24, 2.45) is 0 Å². The van der Waals surface area contributed by atoms with Crippen LogP contribution in [0.15, 0.2) is 46.9 Å². The van der Waals surface area contributed by atoms with Gasteiger partial charge in [-0.3, -0.25) is 4.79 Å². The minimum Gasteiger partial charge on any atom is -0.422 e. The van der Waals surface area contributed by atoms with Crippen molar-refractivity contribution in [3.63, 3.8) is 0 Å². The zero-order valence-corrected chi connectivity index (χ0v) is 13.2. The number of rotatable bonds is 3. The molecule has 0 heterocycles. The molecule has 20 heavy (non-hydrogen) atoms. The molecule has 0 aromatic heterocycles. The van der Waals surface area contributed by atoms with E-state index in [2.05, 4.69) is 28.6 Å². The maximum atomic E-state index is 12.1. The Morgan fingerprint density at radius 1 is 1.10 bits per heavy atom. The molecule has 0 aliphatic carbocycles. The van der Waals surface area contributed by atoms with Gasteiger partial charge in [0.05, 0.1) is 11.1 Å².